The number of nitro groups is 1. The zero-order valence-electron chi connectivity index (χ0n) is 19.2. The molecule has 3 aromatic rings. The normalized spacial score (nSPS) is 15.2. The van der Waals surface area contributed by atoms with Crippen molar-refractivity contribution in [3.63, 3.8) is 0 Å². The molecule has 2 N–H and O–H groups in total. The van der Waals surface area contributed by atoms with E-state index in [2.05, 4.69) is 14.9 Å². The lowest BCUT2D eigenvalue weighted by molar-refractivity contribution is -0.384. The summed E-state index contributed by atoms with van der Waals surface area (Å²) in [5.41, 5.74) is 2.16. The number of anilines is 2. The summed E-state index contributed by atoms with van der Waals surface area (Å²) < 4.78 is 34.0. The lowest BCUT2D eigenvalue weighted by atomic mass is 10.1. The van der Waals surface area contributed by atoms with Crippen molar-refractivity contribution in [3.05, 3.63) is 81.8 Å². The summed E-state index contributed by atoms with van der Waals surface area (Å²) in [6.07, 6.45) is 3.80. The van der Waals surface area contributed by atoms with E-state index in [1.54, 1.807) is 25.3 Å². The number of benzene rings is 2. The van der Waals surface area contributed by atoms with Crippen LogP contribution in [0, 0.1) is 24.0 Å². The topological polar surface area (TPSA) is 118 Å². The van der Waals surface area contributed by atoms with Crippen LogP contribution in [0.15, 0.2) is 64.1 Å². The monoisotopic (exact) mass is 484 g/mol. The SMILES string of the molecule is Cc1ccc(NS(=O)(=O)c2ccc(NCC(c3ccco3)N3CCCC3)c([N+](=O)[O-])c2)c(C)c1. The number of nitro benzene ring substituents is 1. The van der Waals surface area contributed by atoms with Crippen LogP contribution in [0.2, 0.25) is 0 Å². The molecule has 4 rings (SSSR count). The molecular formula is C24H28N4O5S. The minimum Gasteiger partial charge on any atom is -0.468 e. The molecule has 10 heteroatoms. The van der Waals surface area contributed by atoms with Crippen LogP contribution in [0.4, 0.5) is 17.1 Å². The molecule has 0 aliphatic carbocycles. The van der Waals surface area contributed by atoms with Gasteiger partial charge in [0, 0.05) is 12.6 Å². The molecule has 1 atom stereocenters. The highest BCUT2D eigenvalue weighted by atomic mass is 32.2. The summed E-state index contributed by atoms with van der Waals surface area (Å²) in [6, 6.07) is 12.9. The summed E-state index contributed by atoms with van der Waals surface area (Å²) >= 11 is 0. The lowest BCUT2D eigenvalue weighted by Crippen LogP contribution is -2.30. The number of hydrogen-bond acceptors (Lipinski definition) is 7. The fraction of sp³-hybridized carbons (Fsp3) is 0.333. The van der Waals surface area contributed by atoms with Gasteiger partial charge in [0.25, 0.3) is 15.7 Å². The van der Waals surface area contributed by atoms with Crippen LogP contribution in [-0.2, 0) is 10.0 Å². The van der Waals surface area contributed by atoms with E-state index in [9.17, 15) is 18.5 Å². The fourth-order valence-electron chi connectivity index (χ4n) is 4.26. The van der Waals surface area contributed by atoms with E-state index in [0.29, 0.717) is 12.2 Å². The largest absolute Gasteiger partial charge is 0.468 e. The maximum absolute atomic E-state index is 12.9. The summed E-state index contributed by atoms with van der Waals surface area (Å²) in [7, 11) is -4.01. The van der Waals surface area contributed by atoms with Crippen molar-refractivity contribution < 1.29 is 17.8 Å². The highest BCUT2D eigenvalue weighted by Gasteiger charge is 2.27. The van der Waals surface area contributed by atoms with Gasteiger partial charge >= 0.3 is 0 Å². The van der Waals surface area contributed by atoms with Gasteiger partial charge in [0.15, 0.2) is 0 Å². The number of furan rings is 1. The highest BCUT2D eigenvalue weighted by Crippen LogP contribution is 2.31. The average Bonchev–Trinajstić information content (AvgIpc) is 3.51. The van der Waals surface area contributed by atoms with Crippen molar-refractivity contribution in [2.45, 2.75) is 37.6 Å². The van der Waals surface area contributed by atoms with Gasteiger partial charge in [-0.05, 0) is 75.7 Å². The number of aryl methyl sites for hydroxylation is 2. The third kappa shape index (κ3) is 5.23. The number of likely N-dealkylation sites (tertiary alicyclic amines) is 1. The molecule has 9 nitrogen and oxygen atoms in total. The smallest absolute Gasteiger partial charge is 0.293 e. The molecule has 0 amide bonds. The maximum Gasteiger partial charge on any atom is 0.293 e. The molecule has 1 unspecified atom stereocenters. The van der Waals surface area contributed by atoms with E-state index in [0.717, 1.165) is 48.9 Å². The van der Waals surface area contributed by atoms with E-state index in [-0.39, 0.29) is 22.3 Å². The Bertz CT molecular complexity index is 1270. The second-order valence-electron chi connectivity index (χ2n) is 8.52. The predicted octanol–water partition coefficient (Wildman–Crippen LogP) is 4.85. The number of nitrogens with one attached hydrogen (secondary N) is 2. The first kappa shape index (κ1) is 23.8. The van der Waals surface area contributed by atoms with Crippen molar-refractivity contribution in [2.75, 3.05) is 29.7 Å². The average molecular weight is 485 g/mol. The Labute approximate surface area is 199 Å². The Kier molecular flexibility index (Phi) is 6.90. The first-order valence-electron chi connectivity index (χ1n) is 11.1. The van der Waals surface area contributed by atoms with Crippen molar-refractivity contribution in [1.29, 1.82) is 0 Å². The zero-order chi connectivity index (χ0) is 24.3. The molecule has 0 bridgehead atoms. The second-order valence-corrected chi connectivity index (χ2v) is 10.2. The van der Waals surface area contributed by atoms with Crippen molar-refractivity contribution in [1.82, 2.24) is 4.90 Å². The first-order valence-corrected chi connectivity index (χ1v) is 12.6. The van der Waals surface area contributed by atoms with Gasteiger partial charge in [-0.15, -0.1) is 0 Å². The molecule has 0 spiro atoms. The third-order valence-electron chi connectivity index (χ3n) is 6.04. The molecule has 2 aromatic carbocycles. The summed E-state index contributed by atoms with van der Waals surface area (Å²) in [5.74, 6) is 0.786. The van der Waals surface area contributed by atoms with Gasteiger partial charge in [-0.3, -0.25) is 19.7 Å². The minimum atomic E-state index is -4.01. The van der Waals surface area contributed by atoms with Crippen molar-refractivity contribution in [2.24, 2.45) is 0 Å². The molecule has 180 valence electrons. The van der Waals surface area contributed by atoms with Crippen LogP contribution < -0.4 is 10.0 Å². The van der Waals surface area contributed by atoms with Gasteiger partial charge in [0.2, 0.25) is 0 Å². The highest BCUT2D eigenvalue weighted by molar-refractivity contribution is 7.92. The summed E-state index contributed by atoms with van der Waals surface area (Å²) in [4.78, 5) is 13.3. The van der Waals surface area contributed by atoms with Gasteiger partial charge < -0.3 is 9.73 Å². The van der Waals surface area contributed by atoms with Gasteiger partial charge in [-0.1, -0.05) is 17.7 Å². The van der Waals surface area contributed by atoms with Gasteiger partial charge in [-0.2, -0.15) is 0 Å². The maximum atomic E-state index is 12.9. The Morgan fingerprint density at radius 1 is 1.09 bits per heavy atom. The summed E-state index contributed by atoms with van der Waals surface area (Å²) in [6.45, 7) is 5.96. The Morgan fingerprint density at radius 2 is 1.82 bits per heavy atom. The number of rotatable bonds is 9. The second kappa shape index (κ2) is 9.86. The molecule has 1 aliphatic heterocycles. The molecule has 1 fully saturated rings. The quantitative estimate of drug-likeness (QED) is 0.329. The minimum absolute atomic E-state index is 0.0771. The van der Waals surface area contributed by atoms with E-state index in [4.69, 9.17) is 4.42 Å². The van der Waals surface area contributed by atoms with Crippen LogP contribution in [-0.4, -0.2) is 37.9 Å². The van der Waals surface area contributed by atoms with E-state index in [1.165, 1.54) is 12.1 Å². The zero-order valence-corrected chi connectivity index (χ0v) is 20.0. The van der Waals surface area contributed by atoms with Crippen LogP contribution >= 0.6 is 0 Å². The molecule has 1 aliphatic rings. The lowest BCUT2D eigenvalue weighted by Gasteiger charge is -2.26. The van der Waals surface area contributed by atoms with E-state index >= 15 is 0 Å². The number of nitrogens with zero attached hydrogens (tertiary/aromatic N) is 2. The van der Waals surface area contributed by atoms with Crippen LogP contribution in [0.25, 0.3) is 0 Å². The van der Waals surface area contributed by atoms with Gasteiger partial charge in [0.1, 0.15) is 11.4 Å². The van der Waals surface area contributed by atoms with Crippen molar-refractivity contribution >= 4 is 27.1 Å². The molecular weight excluding hydrogens is 456 g/mol. The summed E-state index contributed by atoms with van der Waals surface area (Å²) in [5, 5.41) is 14.9. The van der Waals surface area contributed by atoms with Crippen LogP contribution in [0.1, 0.15) is 35.8 Å². The van der Waals surface area contributed by atoms with Crippen LogP contribution in [0.3, 0.4) is 0 Å². The van der Waals surface area contributed by atoms with Gasteiger partial charge in [0.05, 0.1) is 27.8 Å². The first-order chi connectivity index (χ1) is 16.2. The number of sulfonamides is 1. The van der Waals surface area contributed by atoms with Crippen molar-refractivity contribution in [3.8, 4) is 0 Å². The van der Waals surface area contributed by atoms with E-state index < -0.39 is 14.9 Å². The molecule has 34 heavy (non-hydrogen) atoms. The molecule has 1 aromatic heterocycles. The third-order valence-corrected chi connectivity index (χ3v) is 7.40. The fourth-order valence-corrected chi connectivity index (χ4v) is 5.41. The predicted molar refractivity (Wildman–Crippen MR) is 131 cm³/mol. The standard InChI is InChI=1S/C24H28N4O5S/c1-17-7-9-20(18(2)14-17)26-34(31,32)19-8-10-21(22(15-19)28(29)30)25-16-23(24-6-5-13-33-24)27-11-3-4-12-27/h5-10,13-15,23,25-26H,3-4,11-12,16H2,1-2H3. The molecule has 1 saturated heterocycles. The Morgan fingerprint density at radius 3 is 2.47 bits per heavy atom. The Hall–Kier alpha value is -3.37. The molecule has 0 saturated carbocycles. The molecule has 0 radical (unpaired) electrons. The Balaban J connectivity index is 1.57. The number of hydrogen-bond donors (Lipinski definition) is 2. The van der Waals surface area contributed by atoms with Crippen LogP contribution in [0.5, 0.6) is 0 Å². The van der Waals surface area contributed by atoms with Gasteiger partial charge in [-0.25, -0.2) is 8.42 Å². The van der Waals surface area contributed by atoms with E-state index in [1.807, 2.05) is 25.1 Å². The molecule has 2 heterocycles.